The lowest BCUT2D eigenvalue weighted by molar-refractivity contribution is -0.121. The Hall–Kier alpha value is -1.76. The van der Waals surface area contributed by atoms with Crippen molar-refractivity contribution in [2.24, 2.45) is 0 Å². The maximum absolute atomic E-state index is 13.7. The highest BCUT2D eigenvalue weighted by molar-refractivity contribution is 7.09. The Morgan fingerprint density at radius 1 is 1.21 bits per heavy atom. The number of amides is 1. The number of hydrogen-bond donors (Lipinski definition) is 1. The first-order valence-corrected chi connectivity index (χ1v) is 9.05. The molecule has 1 saturated heterocycles. The van der Waals surface area contributed by atoms with Gasteiger partial charge in [0.25, 0.3) is 0 Å². The minimum Gasteiger partial charge on any atom is -0.322 e. The Morgan fingerprint density at radius 3 is 2.62 bits per heavy atom. The van der Waals surface area contributed by atoms with E-state index in [0.29, 0.717) is 0 Å². The Bertz CT molecular complexity index is 669. The van der Waals surface area contributed by atoms with Gasteiger partial charge in [-0.2, -0.15) is 0 Å². The van der Waals surface area contributed by atoms with Gasteiger partial charge in [-0.3, -0.25) is 14.6 Å². The summed E-state index contributed by atoms with van der Waals surface area (Å²) < 4.78 is 13.7. The van der Waals surface area contributed by atoms with Crippen LogP contribution in [0.1, 0.15) is 11.8 Å². The van der Waals surface area contributed by atoms with Crippen LogP contribution >= 0.6 is 11.3 Å². The number of carbonyl (C=O) groups excluding carboxylic acids is 1. The van der Waals surface area contributed by atoms with Gasteiger partial charge >= 0.3 is 0 Å². The first-order valence-electron chi connectivity index (χ1n) is 8.17. The van der Waals surface area contributed by atoms with Gasteiger partial charge in [0.15, 0.2) is 0 Å². The molecule has 1 fully saturated rings. The fourth-order valence-electron chi connectivity index (χ4n) is 2.90. The second-order valence-electron chi connectivity index (χ2n) is 6.04. The molecule has 24 heavy (non-hydrogen) atoms. The van der Waals surface area contributed by atoms with Crippen molar-refractivity contribution in [1.82, 2.24) is 9.80 Å². The summed E-state index contributed by atoms with van der Waals surface area (Å²) in [6.07, 6.45) is 0. The lowest BCUT2D eigenvalue weighted by Crippen LogP contribution is -2.52. The molecule has 1 atom stereocenters. The van der Waals surface area contributed by atoms with Gasteiger partial charge in [0.1, 0.15) is 5.82 Å². The van der Waals surface area contributed by atoms with E-state index in [-0.39, 0.29) is 17.6 Å². The van der Waals surface area contributed by atoms with E-state index >= 15 is 0 Å². The topological polar surface area (TPSA) is 35.6 Å². The molecule has 0 aliphatic carbocycles. The summed E-state index contributed by atoms with van der Waals surface area (Å²) in [5.41, 5.74) is 0.241. The third-order valence-corrected chi connectivity index (χ3v) is 5.29. The van der Waals surface area contributed by atoms with Crippen LogP contribution in [-0.2, 0) is 11.3 Å². The SMILES string of the molecule is C[C@@H](C(=O)Nc1ccccc1F)N1CCN(Cc2cccs2)CC1. The van der Waals surface area contributed by atoms with E-state index in [0.717, 1.165) is 32.7 Å². The number of halogens is 1. The number of nitrogens with zero attached hydrogens (tertiary/aromatic N) is 2. The quantitative estimate of drug-likeness (QED) is 0.903. The molecule has 1 amide bonds. The van der Waals surface area contributed by atoms with Crippen LogP contribution in [0.3, 0.4) is 0 Å². The predicted molar refractivity (Wildman–Crippen MR) is 95.7 cm³/mol. The number of carbonyl (C=O) groups is 1. The lowest BCUT2D eigenvalue weighted by Gasteiger charge is -2.37. The molecule has 0 saturated carbocycles. The molecular formula is C18H22FN3OS. The molecule has 1 aromatic heterocycles. The van der Waals surface area contributed by atoms with Crippen LogP contribution in [0.5, 0.6) is 0 Å². The fraction of sp³-hybridized carbons (Fsp3) is 0.389. The zero-order valence-electron chi connectivity index (χ0n) is 13.7. The number of hydrogen-bond acceptors (Lipinski definition) is 4. The van der Waals surface area contributed by atoms with E-state index in [9.17, 15) is 9.18 Å². The number of piperazine rings is 1. The Morgan fingerprint density at radius 2 is 1.96 bits per heavy atom. The van der Waals surface area contributed by atoms with Crippen molar-refractivity contribution in [3.8, 4) is 0 Å². The summed E-state index contributed by atoms with van der Waals surface area (Å²) in [7, 11) is 0. The van der Waals surface area contributed by atoms with E-state index in [1.165, 1.54) is 10.9 Å². The van der Waals surface area contributed by atoms with Crippen LogP contribution in [-0.4, -0.2) is 47.9 Å². The van der Waals surface area contributed by atoms with Gasteiger partial charge in [-0.05, 0) is 30.5 Å². The molecule has 0 radical (unpaired) electrons. The van der Waals surface area contributed by atoms with Crippen LogP contribution in [0.15, 0.2) is 41.8 Å². The molecule has 0 bridgehead atoms. The van der Waals surface area contributed by atoms with Crippen molar-refractivity contribution in [3.63, 3.8) is 0 Å². The zero-order chi connectivity index (χ0) is 16.9. The minimum absolute atomic E-state index is 0.160. The van der Waals surface area contributed by atoms with Gasteiger partial charge in [0.05, 0.1) is 11.7 Å². The van der Waals surface area contributed by atoms with Crippen LogP contribution in [0.25, 0.3) is 0 Å². The second-order valence-corrected chi connectivity index (χ2v) is 7.07. The first kappa shape index (κ1) is 17.1. The molecular weight excluding hydrogens is 325 g/mol. The maximum Gasteiger partial charge on any atom is 0.241 e. The van der Waals surface area contributed by atoms with E-state index in [4.69, 9.17) is 0 Å². The molecule has 0 spiro atoms. The summed E-state index contributed by atoms with van der Waals surface area (Å²) in [6, 6.07) is 10.2. The number of thiophene rings is 1. The lowest BCUT2D eigenvalue weighted by atomic mass is 10.2. The monoisotopic (exact) mass is 347 g/mol. The number of nitrogens with one attached hydrogen (secondary N) is 1. The van der Waals surface area contributed by atoms with Gasteiger partial charge < -0.3 is 5.32 Å². The van der Waals surface area contributed by atoms with E-state index in [1.807, 2.05) is 6.92 Å². The Balaban J connectivity index is 1.50. The summed E-state index contributed by atoms with van der Waals surface area (Å²) >= 11 is 1.78. The van der Waals surface area contributed by atoms with E-state index in [2.05, 4.69) is 32.6 Å². The van der Waals surface area contributed by atoms with E-state index < -0.39 is 5.82 Å². The highest BCUT2D eigenvalue weighted by Crippen LogP contribution is 2.16. The largest absolute Gasteiger partial charge is 0.322 e. The number of benzene rings is 1. The molecule has 128 valence electrons. The van der Waals surface area contributed by atoms with Crippen molar-refractivity contribution < 1.29 is 9.18 Å². The van der Waals surface area contributed by atoms with Crippen molar-refractivity contribution in [2.75, 3.05) is 31.5 Å². The minimum atomic E-state index is -0.404. The summed E-state index contributed by atoms with van der Waals surface area (Å²) in [6.45, 7) is 6.42. The highest BCUT2D eigenvalue weighted by atomic mass is 32.1. The molecule has 1 aliphatic heterocycles. The van der Waals surface area contributed by atoms with Crippen molar-refractivity contribution in [3.05, 3.63) is 52.5 Å². The molecule has 6 heteroatoms. The Labute approximate surface area is 145 Å². The predicted octanol–water partition coefficient (Wildman–Crippen LogP) is 3.03. The van der Waals surface area contributed by atoms with Crippen molar-refractivity contribution >= 4 is 22.9 Å². The summed E-state index contributed by atoms with van der Waals surface area (Å²) in [5.74, 6) is -0.564. The summed E-state index contributed by atoms with van der Waals surface area (Å²) in [4.78, 5) is 18.3. The van der Waals surface area contributed by atoms with Gasteiger partial charge in [0, 0.05) is 37.6 Å². The third-order valence-electron chi connectivity index (χ3n) is 4.43. The molecule has 2 heterocycles. The molecule has 1 aliphatic rings. The average molecular weight is 347 g/mol. The second kappa shape index (κ2) is 7.88. The smallest absolute Gasteiger partial charge is 0.241 e. The zero-order valence-corrected chi connectivity index (χ0v) is 14.6. The first-order chi connectivity index (χ1) is 11.6. The van der Waals surface area contributed by atoms with Crippen molar-refractivity contribution in [2.45, 2.75) is 19.5 Å². The number of rotatable bonds is 5. The van der Waals surface area contributed by atoms with Crippen molar-refractivity contribution in [1.29, 1.82) is 0 Å². The normalized spacial score (nSPS) is 17.6. The highest BCUT2D eigenvalue weighted by Gasteiger charge is 2.26. The Kier molecular flexibility index (Phi) is 5.60. The maximum atomic E-state index is 13.7. The third kappa shape index (κ3) is 4.20. The van der Waals surface area contributed by atoms with Gasteiger partial charge in [0.2, 0.25) is 5.91 Å². The van der Waals surface area contributed by atoms with Gasteiger partial charge in [-0.25, -0.2) is 4.39 Å². The molecule has 3 rings (SSSR count). The van der Waals surface area contributed by atoms with E-state index in [1.54, 1.807) is 29.5 Å². The molecule has 0 unspecified atom stereocenters. The molecule has 2 aromatic rings. The van der Waals surface area contributed by atoms with Crippen LogP contribution in [0, 0.1) is 5.82 Å². The summed E-state index contributed by atoms with van der Waals surface area (Å²) in [5, 5.41) is 4.79. The number of anilines is 1. The fourth-order valence-corrected chi connectivity index (χ4v) is 3.64. The van der Waals surface area contributed by atoms with Crippen LogP contribution in [0.4, 0.5) is 10.1 Å². The molecule has 4 nitrogen and oxygen atoms in total. The number of para-hydroxylation sites is 1. The van der Waals surface area contributed by atoms with Gasteiger partial charge in [-0.1, -0.05) is 18.2 Å². The van der Waals surface area contributed by atoms with Gasteiger partial charge in [-0.15, -0.1) is 11.3 Å². The standard InChI is InChI=1S/C18H22FN3OS/c1-14(18(23)20-17-7-3-2-6-16(17)19)22-10-8-21(9-11-22)13-15-5-4-12-24-15/h2-7,12,14H,8-11,13H2,1H3,(H,20,23)/t14-/m0/s1. The van der Waals surface area contributed by atoms with Crippen LogP contribution in [0.2, 0.25) is 0 Å². The van der Waals surface area contributed by atoms with Crippen LogP contribution < -0.4 is 5.32 Å². The average Bonchev–Trinajstić information content (AvgIpc) is 3.10. The molecule has 1 aromatic carbocycles. The molecule has 1 N–H and O–H groups in total.